The molecule has 2 atom stereocenters. The fourth-order valence-corrected chi connectivity index (χ4v) is 4.77. The Morgan fingerprint density at radius 1 is 1.12 bits per heavy atom. The highest BCUT2D eigenvalue weighted by atomic mass is 35.5. The lowest BCUT2D eigenvalue weighted by Crippen LogP contribution is -2.29. The van der Waals surface area contributed by atoms with Crippen LogP contribution >= 0.6 is 24.0 Å². The van der Waals surface area contributed by atoms with E-state index in [1.807, 2.05) is 12.1 Å². The summed E-state index contributed by atoms with van der Waals surface area (Å²) < 4.78 is 5.56. The number of esters is 1. The number of carbonyl (C=O) groups excluding carboxylic acids is 1. The molecular weight excluding hydrogens is 369 g/mol. The minimum absolute atomic E-state index is 0. The van der Waals surface area contributed by atoms with Crippen LogP contribution in [-0.4, -0.2) is 25.2 Å². The van der Waals surface area contributed by atoms with Crippen LogP contribution < -0.4 is 5.32 Å². The summed E-state index contributed by atoms with van der Waals surface area (Å²) in [6, 6.07) is 4.52. The number of hydrogen-bond acceptors (Lipinski definition) is 3. The van der Waals surface area contributed by atoms with Crippen LogP contribution in [0, 0.1) is 0 Å². The summed E-state index contributed by atoms with van der Waals surface area (Å²) in [4.78, 5) is 12.5. The fourth-order valence-electron chi connectivity index (χ4n) is 4.44. The molecule has 1 heterocycles. The van der Waals surface area contributed by atoms with Gasteiger partial charge in [0.2, 0.25) is 0 Å². The van der Waals surface area contributed by atoms with Crippen LogP contribution in [0.25, 0.3) is 6.08 Å². The number of benzene rings is 1. The molecule has 2 aliphatic carbocycles. The molecule has 142 valence electrons. The maximum absolute atomic E-state index is 12.5. The molecule has 0 radical (unpaired) electrons. The number of ether oxygens (including phenoxy) is 1. The Kier molecular flexibility index (Phi) is 6.65. The molecule has 1 saturated heterocycles. The van der Waals surface area contributed by atoms with E-state index in [1.165, 1.54) is 37.7 Å². The summed E-state index contributed by atoms with van der Waals surface area (Å²) in [7, 11) is 0. The zero-order chi connectivity index (χ0) is 17.2. The normalized spacial score (nSPS) is 25.0. The second kappa shape index (κ2) is 8.77. The number of hydrogen-bond donors (Lipinski definition) is 1. The molecule has 3 nitrogen and oxygen atoms in total. The number of nitrogens with one attached hydrogen (secondary N) is 1. The quantitative estimate of drug-likeness (QED) is 0.710. The molecule has 5 heteroatoms. The summed E-state index contributed by atoms with van der Waals surface area (Å²) in [5.41, 5.74) is 3.38. The van der Waals surface area contributed by atoms with Gasteiger partial charge in [-0.1, -0.05) is 43.0 Å². The van der Waals surface area contributed by atoms with Crippen molar-refractivity contribution in [1.29, 1.82) is 0 Å². The van der Waals surface area contributed by atoms with Gasteiger partial charge in [0.1, 0.15) is 12.5 Å². The highest BCUT2D eigenvalue weighted by Crippen LogP contribution is 2.41. The van der Waals surface area contributed by atoms with E-state index in [0.29, 0.717) is 18.6 Å². The van der Waals surface area contributed by atoms with Crippen LogP contribution in [0.4, 0.5) is 0 Å². The molecule has 0 bridgehead atoms. The third-order valence-electron chi connectivity index (χ3n) is 5.89. The van der Waals surface area contributed by atoms with Gasteiger partial charge in [-0.15, -0.1) is 12.4 Å². The average Bonchev–Trinajstić information content (AvgIpc) is 3.29. The molecule has 0 aromatic heterocycles. The van der Waals surface area contributed by atoms with Crippen molar-refractivity contribution in [1.82, 2.24) is 5.32 Å². The van der Waals surface area contributed by atoms with Crippen molar-refractivity contribution < 1.29 is 9.53 Å². The molecule has 1 aromatic rings. The lowest BCUT2D eigenvalue weighted by Gasteiger charge is -2.24. The Balaban J connectivity index is 0.00000196. The minimum atomic E-state index is -0.311. The third kappa shape index (κ3) is 4.11. The maximum Gasteiger partial charge on any atom is 0.317 e. The SMILES string of the molecule is Cl.O=C(OCC1CCCN1)C1C=Cc2cc(C3CCCCC3)c(Cl)cc21. The Hall–Kier alpha value is -1.03. The molecule has 1 aromatic carbocycles. The van der Waals surface area contributed by atoms with Crippen LogP contribution in [0.1, 0.15) is 73.5 Å². The Morgan fingerprint density at radius 2 is 1.92 bits per heavy atom. The van der Waals surface area contributed by atoms with Gasteiger partial charge in [0, 0.05) is 11.1 Å². The molecule has 1 aliphatic heterocycles. The first-order valence-corrected chi connectivity index (χ1v) is 10.0. The summed E-state index contributed by atoms with van der Waals surface area (Å²) in [6.45, 7) is 1.49. The predicted molar refractivity (Wildman–Crippen MR) is 108 cm³/mol. The number of fused-ring (bicyclic) bond motifs is 1. The summed E-state index contributed by atoms with van der Waals surface area (Å²) in [5, 5.41) is 4.17. The third-order valence-corrected chi connectivity index (χ3v) is 6.22. The first-order valence-electron chi connectivity index (χ1n) is 9.64. The predicted octanol–water partition coefficient (Wildman–Crippen LogP) is 5.22. The van der Waals surface area contributed by atoms with Gasteiger partial charge < -0.3 is 10.1 Å². The molecule has 0 amide bonds. The molecule has 1 saturated carbocycles. The first-order chi connectivity index (χ1) is 12.2. The second-order valence-electron chi connectivity index (χ2n) is 7.60. The molecular formula is C21H27Cl2NO2. The highest BCUT2D eigenvalue weighted by Gasteiger charge is 2.29. The fraction of sp³-hybridized carbons (Fsp3) is 0.571. The van der Waals surface area contributed by atoms with E-state index in [1.54, 1.807) is 0 Å². The lowest BCUT2D eigenvalue weighted by molar-refractivity contribution is -0.144. The van der Waals surface area contributed by atoms with Gasteiger partial charge in [-0.25, -0.2) is 0 Å². The smallest absolute Gasteiger partial charge is 0.317 e. The Bertz CT molecular complexity index is 677. The van der Waals surface area contributed by atoms with E-state index in [2.05, 4.69) is 17.5 Å². The second-order valence-corrected chi connectivity index (χ2v) is 8.00. The standard InChI is InChI=1S/C21H26ClNO2.ClH/c22-20-12-18-15(11-19(20)14-5-2-1-3-6-14)8-9-17(18)21(24)25-13-16-7-4-10-23-16;/h8-9,11-12,14,16-17,23H,1-7,10,13H2;1H. The maximum atomic E-state index is 12.5. The summed E-state index contributed by atoms with van der Waals surface area (Å²) in [5.74, 6) is 0.0962. The van der Waals surface area contributed by atoms with E-state index >= 15 is 0 Å². The van der Waals surface area contributed by atoms with Gasteiger partial charge in [-0.2, -0.15) is 0 Å². The Morgan fingerprint density at radius 3 is 2.65 bits per heavy atom. The van der Waals surface area contributed by atoms with Crippen LogP contribution in [0.5, 0.6) is 0 Å². The van der Waals surface area contributed by atoms with Gasteiger partial charge in [-0.05, 0) is 67.0 Å². The van der Waals surface area contributed by atoms with Crippen molar-refractivity contribution >= 4 is 36.1 Å². The lowest BCUT2D eigenvalue weighted by atomic mass is 9.83. The number of halogens is 2. The molecule has 2 unspecified atom stereocenters. The highest BCUT2D eigenvalue weighted by molar-refractivity contribution is 6.31. The molecule has 0 spiro atoms. The van der Waals surface area contributed by atoms with Gasteiger partial charge in [0.25, 0.3) is 0 Å². The average molecular weight is 396 g/mol. The van der Waals surface area contributed by atoms with Crippen molar-refractivity contribution in [2.24, 2.45) is 0 Å². The van der Waals surface area contributed by atoms with Crippen molar-refractivity contribution in [2.75, 3.05) is 13.2 Å². The van der Waals surface area contributed by atoms with E-state index in [-0.39, 0.29) is 24.3 Å². The summed E-state index contributed by atoms with van der Waals surface area (Å²) >= 11 is 6.60. The van der Waals surface area contributed by atoms with Crippen molar-refractivity contribution in [3.63, 3.8) is 0 Å². The van der Waals surface area contributed by atoms with Crippen LogP contribution in [0.2, 0.25) is 5.02 Å². The van der Waals surface area contributed by atoms with Crippen molar-refractivity contribution in [3.8, 4) is 0 Å². The molecule has 4 rings (SSSR count). The van der Waals surface area contributed by atoms with Crippen LogP contribution in [0.15, 0.2) is 18.2 Å². The topological polar surface area (TPSA) is 38.3 Å². The molecule has 1 N–H and O–H groups in total. The minimum Gasteiger partial charge on any atom is -0.463 e. The molecule has 3 aliphatic rings. The number of carbonyl (C=O) groups is 1. The zero-order valence-corrected chi connectivity index (χ0v) is 16.6. The van der Waals surface area contributed by atoms with Gasteiger partial charge in [0.15, 0.2) is 0 Å². The zero-order valence-electron chi connectivity index (χ0n) is 15.0. The van der Waals surface area contributed by atoms with Gasteiger partial charge >= 0.3 is 5.97 Å². The summed E-state index contributed by atoms with van der Waals surface area (Å²) in [6.07, 6.45) is 12.6. The monoisotopic (exact) mass is 395 g/mol. The van der Waals surface area contributed by atoms with Crippen LogP contribution in [0.3, 0.4) is 0 Å². The van der Waals surface area contributed by atoms with E-state index in [4.69, 9.17) is 16.3 Å². The number of rotatable bonds is 4. The van der Waals surface area contributed by atoms with E-state index < -0.39 is 0 Å². The van der Waals surface area contributed by atoms with Crippen molar-refractivity contribution in [2.45, 2.75) is 62.8 Å². The van der Waals surface area contributed by atoms with Gasteiger partial charge in [-0.3, -0.25) is 4.79 Å². The first kappa shape index (κ1) is 19.7. The molecule has 26 heavy (non-hydrogen) atoms. The van der Waals surface area contributed by atoms with Gasteiger partial charge in [0.05, 0.1) is 0 Å². The largest absolute Gasteiger partial charge is 0.463 e. The molecule has 2 fully saturated rings. The Labute approximate surface area is 166 Å². The van der Waals surface area contributed by atoms with E-state index in [0.717, 1.165) is 35.5 Å². The van der Waals surface area contributed by atoms with E-state index in [9.17, 15) is 4.79 Å². The van der Waals surface area contributed by atoms with Crippen LogP contribution in [-0.2, 0) is 9.53 Å². The van der Waals surface area contributed by atoms with Crippen molar-refractivity contribution in [3.05, 3.63) is 39.9 Å².